The van der Waals surface area contributed by atoms with Crippen molar-refractivity contribution in [1.29, 1.82) is 0 Å². The van der Waals surface area contributed by atoms with Crippen LogP contribution in [0, 0.1) is 11.3 Å². The molecule has 3 atom stereocenters. The Morgan fingerprint density at radius 1 is 1.21 bits per heavy atom. The highest BCUT2D eigenvalue weighted by Gasteiger charge is 2.56. The van der Waals surface area contributed by atoms with Gasteiger partial charge < -0.3 is 25.6 Å². The Kier molecular flexibility index (Phi) is 8.14. The SMILES string of the molecule is COc1ccccc1NC(=O)C(=O)N1CC2(CC2)C[C@H]1C(=O)N[C@@H](C[C@@H]1CCNC1=O)C(=O)COC(F)(F)F. The smallest absolute Gasteiger partial charge is 0.495 e. The van der Waals surface area contributed by atoms with E-state index in [-0.39, 0.29) is 36.4 Å². The van der Waals surface area contributed by atoms with Crippen LogP contribution < -0.4 is 20.7 Å². The van der Waals surface area contributed by atoms with E-state index in [1.165, 1.54) is 7.11 Å². The normalized spacial score (nSPS) is 22.3. The van der Waals surface area contributed by atoms with Gasteiger partial charge in [-0.3, -0.25) is 28.7 Å². The number of carbonyl (C=O) groups excluding carboxylic acids is 5. The Balaban J connectivity index is 1.48. The number of Topliss-reactive ketones (excluding diaryl/α,β-unsaturated/α-hetero) is 1. The molecule has 1 aliphatic carbocycles. The molecule has 0 unspecified atom stereocenters. The van der Waals surface area contributed by atoms with Gasteiger partial charge in [0.1, 0.15) is 18.4 Å². The number of ether oxygens (including phenoxy) is 2. The maximum absolute atomic E-state index is 13.4. The maximum Gasteiger partial charge on any atom is 0.522 e. The van der Waals surface area contributed by atoms with Crippen molar-refractivity contribution in [2.75, 3.05) is 32.1 Å². The number of alkyl halides is 3. The number of benzene rings is 1. The van der Waals surface area contributed by atoms with E-state index in [0.717, 1.165) is 17.7 Å². The third-order valence-electron chi connectivity index (χ3n) is 7.34. The van der Waals surface area contributed by atoms with Gasteiger partial charge in [0.15, 0.2) is 5.78 Å². The number of rotatable bonds is 9. The summed E-state index contributed by atoms with van der Waals surface area (Å²) in [4.78, 5) is 65.2. The predicted molar refractivity (Wildman–Crippen MR) is 128 cm³/mol. The maximum atomic E-state index is 13.4. The molecule has 0 bridgehead atoms. The van der Waals surface area contributed by atoms with Gasteiger partial charge in [0.25, 0.3) is 0 Å². The zero-order valence-corrected chi connectivity index (χ0v) is 21.1. The summed E-state index contributed by atoms with van der Waals surface area (Å²) in [7, 11) is 1.40. The van der Waals surface area contributed by atoms with Gasteiger partial charge in [-0.1, -0.05) is 12.1 Å². The second kappa shape index (κ2) is 11.2. The van der Waals surface area contributed by atoms with E-state index in [1.54, 1.807) is 24.3 Å². The van der Waals surface area contributed by atoms with Crippen molar-refractivity contribution in [3.05, 3.63) is 24.3 Å². The van der Waals surface area contributed by atoms with Crippen LogP contribution in [0.5, 0.6) is 5.75 Å². The molecule has 2 heterocycles. The van der Waals surface area contributed by atoms with Crippen molar-refractivity contribution >= 4 is 35.1 Å². The zero-order valence-electron chi connectivity index (χ0n) is 21.1. The summed E-state index contributed by atoms with van der Waals surface area (Å²) in [5.74, 6) is -4.56. The van der Waals surface area contributed by atoms with Crippen LogP contribution in [-0.4, -0.2) is 79.6 Å². The van der Waals surface area contributed by atoms with Crippen LogP contribution >= 0.6 is 0 Å². The highest BCUT2D eigenvalue weighted by Crippen LogP contribution is 2.54. The fraction of sp³-hybridized carbons (Fsp3) is 0.560. The quantitative estimate of drug-likeness (QED) is 0.389. The lowest BCUT2D eigenvalue weighted by molar-refractivity contribution is -0.321. The van der Waals surface area contributed by atoms with E-state index >= 15 is 0 Å². The summed E-state index contributed by atoms with van der Waals surface area (Å²) in [6.07, 6.45) is -3.23. The van der Waals surface area contributed by atoms with E-state index in [1.807, 2.05) is 0 Å². The van der Waals surface area contributed by atoms with E-state index in [9.17, 15) is 37.1 Å². The number of halogens is 3. The van der Waals surface area contributed by atoms with Crippen LogP contribution in [0.15, 0.2) is 24.3 Å². The largest absolute Gasteiger partial charge is 0.522 e. The van der Waals surface area contributed by atoms with E-state index in [2.05, 4.69) is 20.7 Å². The molecule has 4 amide bonds. The van der Waals surface area contributed by atoms with Crippen LogP contribution in [0.1, 0.15) is 32.1 Å². The predicted octanol–water partition coefficient (Wildman–Crippen LogP) is 1.13. The minimum atomic E-state index is -5.06. The lowest BCUT2D eigenvalue weighted by Crippen LogP contribution is -2.53. The molecule has 2 aliphatic heterocycles. The Morgan fingerprint density at radius 3 is 2.54 bits per heavy atom. The molecule has 1 spiro atoms. The van der Waals surface area contributed by atoms with Gasteiger partial charge in [0.05, 0.1) is 18.8 Å². The summed E-state index contributed by atoms with van der Waals surface area (Å²) in [5.41, 5.74) is -0.0862. The molecule has 0 radical (unpaired) electrons. The summed E-state index contributed by atoms with van der Waals surface area (Å²) < 4.78 is 46.5. The molecule has 1 aromatic carbocycles. The molecule has 3 N–H and O–H groups in total. The average molecular weight is 555 g/mol. The molecular weight excluding hydrogens is 525 g/mol. The Morgan fingerprint density at radius 2 is 1.92 bits per heavy atom. The number of carbonyl (C=O) groups is 5. The molecule has 3 fully saturated rings. The number of likely N-dealkylation sites (tertiary alicyclic amines) is 1. The highest BCUT2D eigenvalue weighted by molar-refractivity contribution is 6.40. The first-order valence-corrected chi connectivity index (χ1v) is 12.5. The number of hydrogen-bond donors (Lipinski definition) is 3. The monoisotopic (exact) mass is 554 g/mol. The topological polar surface area (TPSA) is 143 Å². The molecule has 39 heavy (non-hydrogen) atoms. The van der Waals surface area contributed by atoms with Crippen molar-refractivity contribution < 1.29 is 46.6 Å². The van der Waals surface area contributed by atoms with Gasteiger partial charge in [-0.25, -0.2) is 0 Å². The molecule has 4 rings (SSSR count). The number of anilines is 1. The van der Waals surface area contributed by atoms with Crippen LogP contribution in [0.3, 0.4) is 0 Å². The Hall–Kier alpha value is -3.68. The average Bonchev–Trinajstić information content (AvgIpc) is 3.35. The van der Waals surface area contributed by atoms with Gasteiger partial charge in [-0.05, 0) is 49.7 Å². The second-order valence-electron chi connectivity index (χ2n) is 10.1. The molecule has 11 nitrogen and oxygen atoms in total. The molecule has 14 heteroatoms. The van der Waals surface area contributed by atoms with Crippen LogP contribution in [0.25, 0.3) is 0 Å². The number of ketones is 1. The van der Waals surface area contributed by atoms with Gasteiger partial charge in [-0.15, -0.1) is 13.2 Å². The third-order valence-corrected chi connectivity index (χ3v) is 7.34. The van der Waals surface area contributed by atoms with E-state index in [0.29, 0.717) is 18.7 Å². The lowest BCUT2D eigenvalue weighted by atomic mass is 9.95. The van der Waals surface area contributed by atoms with Gasteiger partial charge in [0.2, 0.25) is 11.8 Å². The first-order valence-electron chi connectivity index (χ1n) is 12.5. The highest BCUT2D eigenvalue weighted by atomic mass is 19.4. The molecule has 0 aromatic heterocycles. The van der Waals surface area contributed by atoms with Crippen molar-refractivity contribution in [1.82, 2.24) is 15.5 Å². The van der Waals surface area contributed by atoms with E-state index < -0.39 is 54.5 Å². The minimum absolute atomic E-state index is 0.143. The zero-order chi connectivity index (χ0) is 28.4. The number of hydrogen-bond acceptors (Lipinski definition) is 7. The molecular formula is C25H29F3N4O7. The number of nitrogens with zero attached hydrogens (tertiary/aromatic N) is 1. The summed E-state index contributed by atoms with van der Waals surface area (Å²) >= 11 is 0. The number of methoxy groups -OCH3 is 1. The lowest BCUT2D eigenvalue weighted by Gasteiger charge is -2.26. The summed E-state index contributed by atoms with van der Waals surface area (Å²) in [5, 5.41) is 7.50. The van der Waals surface area contributed by atoms with Crippen molar-refractivity contribution in [3.8, 4) is 5.75 Å². The Bertz CT molecular complexity index is 1150. The van der Waals surface area contributed by atoms with Crippen LogP contribution in [0.4, 0.5) is 18.9 Å². The fourth-order valence-corrected chi connectivity index (χ4v) is 5.04. The van der Waals surface area contributed by atoms with Crippen molar-refractivity contribution in [2.24, 2.45) is 11.3 Å². The second-order valence-corrected chi connectivity index (χ2v) is 10.1. The standard InChI is InChI=1S/C25H29F3N4O7/c1-38-19-5-3-2-4-15(19)30-22(36)23(37)32-13-24(7-8-24)11-17(32)21(35)31-16(10-14-6-9-29-20(14)34)18(33)12-39-25(26,27)28/h2-5,14,16-17H,6-13H2,1H3,(H,29,34)(H,30,36)(H,31,35)/t14-,16-,17-/m0/s1. The molecule has 1 aromatic rings. The Labute approximate surface area is 221 Å². The van der Waals surface area contributed by atoms with Crippen LogP contribution in [0.2, 0.25) is 0 Å². The molecule has 1 saturated carbocycles. The molecule has 212 valence electrons. The number of para-hydroxylation sites is 2. The number of amides is 4. The third kappa shape index (κ3) is 6.85. The molecule has 3 aliphatic rings. The summed E-state index contributed by atoms with van der Waals surface area (Å²) in [6.45, 7) is -0.864. The van der Waals surface area contributed by atoms with Gasteiger partial charge in [0, 0.05) is 19.0 Å². The number of nitrogens with one attached hydrogen (secondary N) is 3. The summed E-state index contributed by atoms with van der Waals surface area (Å²) in [6, 6.07) is 3.87. The first kappa shape index (κ1) is 28.3. The minimum Gasteiger partial charge on any atom is -0.495 e. The van der Waals surface area contributed by atoms with Crippen molar-refractivity contribution in [3.63, 3.8) is 0 Å². The van der Waals surface area contributed by atoms with Gasteiger partial charge >= 0.3 is 18.2 Å². The fourth-order valence-electron chi connectivity index (χ4n) is 5.04. The molecule has 2 saturated heterocycles. The van der Waals surface area contributed by atoms with Crippen molar-refractivity contribution in [2.45, 2.75) is 50.6 Å². The first-order chi connectivity index (χ1) is 18.4. The van der Waals surface area contributed by atoms with E-state index in [4.69, 9.17) is 4.74 Å². The van der Waals surface area contributed by atoms with Crippen LogP contribution in [-0.2, 0) is 28.7 Å². The van der Waals surface area contributed by atoms with Gasteiger partial charge in [-0.2, -0.15) is 0 Å².